The Morgan fingerprint density at radius 1 is 0.750 bits per heavy atom. The van der Waals surface area contributed by atoms with Crippen LogP contribution in [-0.4, -0.2) is 6.61 Å². The first kappa shape index (κ1) is 16.1. The summed E-state index contributed by atoms with van der Waals surface area (Å²) in [6.45, 7) is 0.862. The van der Waals surface area contributed by atoms with Gasteiger partial charge in [0, 0.05) is 23.8 Å². The third kappa shape index (κ3) is 2.38. The molecule has 1 N–H and O–H groups in total. The number of benzene rings is 4. The molecule has 2 aliphatic rings. The van der Waals surface area contributed by atoms with Crippen LogP contribution in [0.1, 0.15) is 36.1 Å². The highest BCUT2D eigenvalue weighted by molar-refractivity contribution is 6.09. The summed E-state index contributed by atoms with van der Waals surface area (Å²) in [5.74, 6) is 0.452. The van der Waals surface area contributed by atoms with Crippen LogP contribution in [0.15, 0.2) is 78.9 Å². The molecular formula is C26H23NO. The van der Waals surface area contributed by atoms with Crippen LogP contribution in [0.3, 0.4) is 0 Å². The molecule has 4 aromatic carbocycles. The molecule has 28 heavy (non-hydrogen) atoms. The van der Waals surface area contributed by atoms with E-state index in [4.69, 9.17) is 4.74 Å². The smallest absolute Gasteiger partial charge is 0.0895 e. The highest BCUT2D eigenvalue weighted by Crippen LogP contribution is 2.50. The maximum absolute atomic E-state index is 6.32. The van der Waals surface area contributed by atoms with Crippen molar-refractivity contribution in [3.8, 4) is 0 Å². The highest BCUT2D eigenvalue weighted by atomic mass is 16.5. The summed E-state index contributed by atoms with van der Waals surface area (Å²) in [6.07, 6.45) is 2.51. The van der Waals surface area contributed by atoms with E-state index in [-0.39, 0.29) is 12.1 Å². The Morgan fingerprint density at radius 3 is 2.43 bits per heavy atom. The lowest BCUT2D eigenvalue weighted by molar-refractivity contribution is -0.0379. The van der Waals surface area contributed by atoms with E-state index in [9.17, 15) is 0 Å². The molecule has 6 rings (SSSR count). The van der Waals surface area contributed by atoms with E-state index < -0.39 is 0 Å². The molecule has 0 spiro atoms. The van der Waals surface area contributed by atoms with E-state index in [0.29, 0.717) is 5.92 Å². The lowest BCUT2D eigenvalue weighted by atomic mass is 9.76. The third-order valence-electron chi connectivity index (χ3n) is 6.51. The molecule has 2 nitrogen and oxygen atoms in total. The molecule has 0 radical (unpaired) electrons. The lowest BCUT2D eigenvalue weighted by Crippen LogP contribution is -2.36. The normalized spacial score (nSPS) is 23.8. The summed E-state index contributed by atoms with van der Waals surface area (Å²) in [5, 5.41) is 9.21. The predicted molar refractivity (Wildman–Crippen MR) is 116 cm³/mol. The number of hydrogen-bond acceptors (Lipinski definition) is 2. The molecule has 3 atom stereocenters. The van der Waals surface area contributed by atoms with Crippen molar-refractivity contribution in [2.45, 2.75) is 25.0 Å². The molecule has 2 unspecified atom stereocenters. The molecule has 0 amide bonds. The zero-order valence-corrected chi connectivity index (χ0v) is 15.8. The van der Waals surface area contributed by atoms with Crippen molar-refractivity contribution in [2.75, 3.05) is 11.9 Å². The number of hydrogen-bond donors (Lipinski definition) is 1. The number of ether oxygens (including phenoxy) is 1. The van der Waals surface area contributed by atoms with Gasteiger partial charge in [0.15, 0.2) is 0 Å². The zero-order chi connectivity index (χ0) is 18.5. The van der Waals surface area contributed by atoms with Gasteiger partial charge in [-0.3, -0.25) is 0 Å². The van der Waals surface area contributed by atoms with Gasteiger partial charge in [-0.2, -0.15) is 0 Å². The van der Waals surface area contributed by atoms with E-state index in [2.05, 4.69) is 84.2 Å². The molecule has 4 aromatic rings. The van der Waals surface area contributed by atoms with Crippen molar-refractivity contribution in [1.82, 2.24) is 0 Å². The molecular weight excluding hydrogens is 342 g/mol. The van der Waals surface area contributed by atoms with E-state index in [0.717, 1.165) is 13.0 Å². The van der Waals surface area contributed by atoms with Crippen molar-refractivity contribution < 1.29 is 4.74 Å². The summed E-state index contributed by atoms with van der Waals surface area (Å²) in [5.41, 5.74) is 3.92. The molecule has 2 heteroatoms. The zero-order valence-electron chi connectivity index (χ0n) is 15.8. The molecule has 0 aromatic heterocycles. The largest absolute Gasteiger partial charge is 0.378 e. The minimum atomic E-state index is 0.182. The first-order valence-corrected chi connectivity index (χ1v) is 10.3. The van der Waals surface area contributed by atoms with Crippen molar-refractivity contribution in [3.63, 3.8) is 0 Å². The van der Waals surface area contributed by atoms with Gasteiger partial charge in [-0.25, -0.2) is 0 Å². The van der Waals surface area contributed by atoms with Crippen LogP contribution < -0.4 is 5.32 Å². The number of nitrogens with one attached hydrogen (secondary N) is 1. The highest BCUT2D eigenvalue weighted by Gasteiger charge is 2.40. The predicted octanol–water partition coefficient (Wildman–Crippen LogP) is 6.63. The first-order chi connectivity index (χ1) is 13.9. The number of para-hydroxylation sites is 1. The van der Waals surface area contributed by atoms with Gasteiger partial charge >= 0.3 is 0 Å². The maximum Gasteiger partial charge on any atom is 0.0895 e. The Kier molecular flexibility index (Phi) is 3.66. The van der Waals surface area contributed by atoms with E-state index in [1.807, 2.05) is 0 Å². The van der Waals surface area contributed by atoms with Crippen molar-refractivity contribution in [3.05, 3.63) is 90.0 Å². The summed E-state index contributed by atoms with van der Waals surface area (Å²) in [6, 6.07) is 28.9. The topological polar surface area (TPSA) is 21.3 Å². The molecule has 1 fully saturated rings. The number of fused-ring (bicyclic) bond motifs is 6. The fourth-order valence-corrected chi connectivity index (χ4v) is 5.27. The minimum Gasteiger partial charge on any atom is -0.378 e. The molecule has 0 aliphatic carbocycles. The van der Waals surface area contributed by atoms with Gasteiger partial charge in [0.2, 0.25) is 0 Å². The summed E-state index contributed by atoms with van der Waals surface area (Å²) < 4.78 is 6.32. The SMILES string of the molecule is c1ccc2c(c1)N[C@H](c1cc3ccccc3c3ccccc13)C1CCCOC21. The van der Waals surface area contributed by atoms with E-state index in [1.165, 1.54) is 44.8 Å². The maximum atomic E-state index is 6.32. The van der Waals surface area contributed by atoms with Crippen LogP contribution in [0.4, 0.5) is 5.69 Å². The monoisotopic (exact) mass is 365 g/mol. The Balaban J connectivity index is 1.60. The Labute approximate surface area is 165 Å². The molecule has 1 saturated heterocycles. The van der Waals surface area contributed by atoms with Gasteiger partial charge in [0.25, 0.3) is 0 Å². The third-order valence-corrected chi connectivity index (χ3v) is 6.51. The van der Waals surface area contributed by atoms with Crippen molar-refractivity contribution in [2.24, 2.45) is 5.92 Å². The summed E-state index contributed by atoms with van der Waals surface area (Å²) >= 11 is 0. The average Bonchev–Trinajstić information content (AvgIpc) is 2.78. The molecule has 2 aliphatic heterocycles. The second-order valence-electron chi connectivity index (χ2n) is 8.04. The van der Waals surface area contributed by atoms with Gasteiger partial charge in [-0.1, -0.05) is 66.7 Å². The molecule has 2 heterocycles. The van der Waals surface area contributed by atoms with Crippen molar-refractivity contribution in [1.29, 1.82) is 0 Å². The lowest BCUT2D eigenvalue weighted by Gasteiger charge is -2.43. The van der Waals surface area contributed by atoms with Gasteiger partial charge in [0.1, 0.15) is 0 Å². The second kappa shape index (κ2) is 6.35. The van der Waals surface area contributed by atoms with Crippen LogP contribution in [0, 0.1) is 5.92 Å². The van der Waals surface area contributed by atoms with Gasteiger partial charge in [-0.05, 0) is 52.1 Å². The Bertz CT molecular complexity index is 1180. The van der Waals surface area contributed by atoms with E-state index in [1.54, 1.807) is 0 Å². The van der Waals surface area contributed by atoms with Crippen LogP contribution >= 0.6 is 0 Å². The van der Waals surface area contributed by atoms with Crippen molar-refractivity contribution >= 4 is 27.2 Å². The molecule has 138 valence electrons. The Hall–Kier alpha value is -2.84. The second-order valence-corrected chi connectivity index (χ2v) is 8.04. The van der Waals surface area contributed by atoms with Crippen LogP contribution in [0.2, 0.25) is 0 Å². The van der Waals surface area contributed by atoms with Crippen LogP contribution in [0.5, 0.6) is 0 Å². The fourth-order valence-electron chi connectivity index (χ4n) is 5.27. The Morgan fingerprint density at radius 2 is 1.50 bits per heavy atom. The van der Waals surface area contributed by atoms with Gasteiger partial charge in [-0.15, -0.1) is 0 Å². The number of rotatable bonds is 1. The number of anilines is 1. The minimum absolute atomic E-state index is 0.182. The van der Waals surface area contributed by atoms with E-state index >= 15 is 0 Å². The molecule has 0 saturated carbocycles. The van der Waals surface area contributed by atoms with Gasteiger partial charge in [0.05, 0.1) is 12.1 Å². The van der Waals surface area contributed by atoms with Crippen LogP contribution in [-0.2, 0) is 4.74 Å². The quantitative estimate of drug-likeness (QED) is 0.382. The summed E-state index contributed by atoms with van der Waals surface area (Å²) in [7, 11) is 0. The fraction of sp³-hybridized carbons (Fsp3) is 0.231. The van der Waals surface area contributed by atoms with Gasteiger partial charge < -0.3 is 10.1 Å². The summed E-state index contributed by atoms with van der Waals surface area (Å²) in [4.78, 5) is 0. The first-order valence-electron chi connectivity index (χ1n) is 10.3. The molecule has 0 bridgehead atoms. The standard InChI is InChI=1S/C26H23NO/c1-2-9-18-17(8-1)16-23(20-11-4-3-10-19(18)20)25-22-13-7-15-28-26(22)21-12-5-6-14-24(21)27-25/h1-6,8-12,14,16,22,25-27H,7,13,15H2/t22?,25-,26?/m0/s1. The van der Waals surface area contributed by atoms with Crippen LogP contribution in [0.25, 0.3) is 21.5 Å². The average molecular weight is 365 g/mol.